The third kappa shape index (κ3) is 4.92. The third-order valence-corrected chi connectivity index (χ3v) is 3.29. The van der Waals surface area contributed by atoms with Gasteiger partial charge in [0.15, 0.2) is 0 Å². The van der Waals surface area contributed by atoms with Crippen molar-refractivity contribution in [1.82, 2.24) is 0 Å². The van der Waals surface area contributed by atoms with Gasteiger partial charge in [0.25, 0.3) is 0 Å². The topological polar surface area (TPSA) is 26.3 Å². The summed E-state index contributed by atoms with van der Waals surface area (Å²) in [7, 11) is 1.42. The zero-order valence-corrected chi connectivity index (χ0v) is 12.3. The largest absolute Gasteiger partial charge is 0.469 e. The van der Waals surface area contributed by atoms with Gasteiger partial charge in [-0.25, -0.2) is 0 Å². The minimum absolute atomic E-state index is 0.143. The van der Waals surface area contributed by atoms with E-state index in [1.807, 2.05) is 12.2 Å². The average Bonchev–Trinajstić information content (AvgIpc) is 2.53. The first kappa shape index (κ1) is 15.0. The number of esters is 1. The summed E-state index contributed by atoms with van der Waals surface area (Å²) in [6, 6.07) is 14.8. The Morgan fingerprint density at radius 2 is 1.90 bits per heavy atom. The van der Waals surface area contributed by atoms with Crippen LogP contribution in [0.5, 0.6) is 0 Å². The molecular weight excluding hydrogens is 260 g/mol. The molecule has 0 bridgehead atoms. The van der Waals surface area contributed by atoms with Crippen LogP contribution in [-0.4, -0.2) is 13.1 Å². The molecule has 0 spiro atoms. The van der Waals surface area contributed by atoms with Crippen molar-refractivity contribution in [2.45, 2.75) is 19.3 Å². The molecule has 21 heavy (non-hydrogen) atoms. The lowest BCUT2D eigenvalue weighted by Crippen LogP contribution is -1.98. The summed E-state index contributed by atoms with van der Waals surface area (Å²) in [6.07, 6.45) is 10.4. The first-order valence-electron chi connectivity index (χ1n) is 7.18. The van der Waals surface area contributed by atoms with Gasteiger partial charge in [-0.15, -0.1) is 0 Å². The second-order valence-corrected chi connectivity index (χ2v) is 4.86. The van der Waals surface area contributed by atoms with Crippen LogP contribution in [-0.2, 0) is 9.53 Å². The van der Waals surface area contributed by atoms with E-state index in [4.69, 9.17) is 0 Å². The van der Waals surface area contributed by atoms with Gasteiger partial charge in [0.1, 0.15) is 0 Å². The summed E-state index contributed by atoms with van der Waals surface area (Å²) in [5.74, 6) is -0.143. The van der Waals surface area contributed by atoms with Crippen LogP contribution >= 0.6 is 0 Å². The summed E-state index contributed by atoms with van der Waals surface area (Å²) < 4.78 is 4.59. The fraction of sp³-hybridized carbons (Fsp3) is 0.211. The van der Waals surface area contributed by atoms with Crippen LogP contribution in [0.1, 0.15) is 24.8 Å². The molecule has 0 aromatic heterocycles. The number of methoxy groups -OCH3 is 1. The van der Waals surface area contributed by atoms with Crippen molar-refractivity contribution in [3.05, 3.63) is 66.3 Å². The Labute approximate surface area is 125 Å². The Morgan fingerprint density at radius 1 is 1.10 bits per heavy atom. The van der Waals surface area contributed by atoms with Gasteiger partial charge in [0, 0.05) is 6.42 Å². The molecule has 0 saturated carbocycles. The van der Waals surface area contributed by atoms with Gasteiger partial charge < -0.3 is 4.74 Å². The van der Waals surface area contributed by atoms with Gasteiger partial charge in [0.2, 0.25) is 0 Å². The van der Waals surface area contributed by atoms with Crippen LogP contribution in [0.15, 0.2) is 60.7 Å². The second-order valence-electron chi connectivity index (χ2n) is 4.86. The summed E-state index contributed by atoms with van der Waals surface area (Å²) in [5, 5.41) is 2.51. The average molecular weight is 280 g/mol. The molecule has 0 heterocycles. The highest BCUT2D eigenvalue weighted by Gasteiger charge is 1.96. The Kier molecular flexibility index (Phi) is 5.77. The molecule has 2 heteroatoms. The van der Waals surface area contributed by atoms with E-state index in [2.05, 4.69) is 59.4 Å². The maximum atomic E-state index is 10.9. The van der Waals surface area contributed by atoms with Crippen LogP contribution in [0, 0.1) is 0 Å². The van der Waals surface area contributed by atoms with Crippen molar-refractivity contribution in [3.8, 4) is 0 Å². The highest BCUT2D eigenvalue weighted by atomic mass is 16.5. The number of hydrogen-bond donors (Lipinski definition) is 0. The van der Waals surface area contributed by atoms with Crippen LogP contribution < -0.4 is 0 Å². The molecule has 0 radical (unpaired) electrons. The van der Waals surface area contributed by atoms with Crippen molar-refractivity contribution in [3.63, 3.8) is 0 Å². The van der Waals surface area contributed by atoms with Gasteiger partial charge in [-0.05, 0) is 35.2 Å². The molecule has 2 aromatic carbocycles. The number of carbonyl (C=O) groups is 1. The maximum Gasteiger partial charge on any atom is 0.305 e. The number of unbranched alkanes of at least 4 members (excludes halogenated alkanes) is 1. The van der Waals surface area contributed by atoms with Crippen molar-refractivity contribution in [1.29, 1.82) is 0 Å². The SMILES string of the molecule is COC(=O)CCCC=CC=Cc1ccc2ccccc2c1. The molecule has 0 atom stereocenters. The number of fused-ring (bicyclic) bond motifs is 1. The molecule has 2 aromatic rings. The Morgan fingerprint density at radius 3 is 2.71 bits per heavy atom. The first-order valence-corrected chi connectivity index (χ1v) is 7.18. The van der Waals surface area contributed by atoms with Gasteiger partial charge >= 0.3 is 5.97 Å². The van der Waals surface area contributed by atoms with E-state index in [1.165, 1.54) is 23.4 Å². The Hall–Kier alpha value is -2.35. The fourth-order valence-corrected chi connectivity index (χ4v) is 2.12. The predicted molar refractivity (Wildman–Crippen MR) is 88.0 cm³/mol. The van der Waals surface area contributed by atoms with E-state index in [0.29, 0.717) is 6.42 Å². The summed E-state index contributed by atoms with van der Waals surface area (Å²) >= 11 is 0. The van der Waals surface area contributed by atoms with Crippen LogP contribution in [0.25, 0.3) is 16.8 Å². The van der Waals surface area contributed by atoms with Crippen molar-refractivity contribution in [2.24, 2.45) is 0 Å². The minimum Gasteiger partial charge on any atom is -0.469 e. The zero-order chi connectivity index (χ0) is 14.9. The Bertz CT molecular complexity index is 653. The number of ether oxygens (including phenoxy) is 1. The standard InChI is InChI=1S/C19H20O2/c1-21-19(20)12-6-4-2-3-5-9-16-13-14-17-10-7-8-11-18(17)15-16/h2-3,5,7-11,13-15H,4,6,12H2,1H3. The monoisotopic (exact) mass is 280 g/mol. The normalized spacial score (nSPS) is 11.5. The van der Waals surface area contributed by atoms with Gasteiger partial charge in [0.05, 0.1) is 7.11 Å². The minimum atomic E-state index is -0.143. The summed E-state index contributed by atoms with van der Waals surface area (Å²) in [4.78, 5) is 10.9. The lowest BCUT2D eigenvalue weighted by Gasteiger charge is -1.98. The van der Waals surface area contributed by atoms with E-state index in [1.54, 1.807) is 0 Å². The smallest absolute Gasteiger partial charge is 0.305 e. The highest BCUT2D eigenvalue weighted by Crippen LogP contribution is 2.16. The number of allylic oxidation sites excluding steroid dienone is 3. The van der Waals surface area contributed by atoms with Gasteiger partial charge in [-0.1, -0.05) is 60.7 Å². The molecule has 2 nitrogen and oxygen atoms in total. The molecule has 0 amide bonds. The van der Waals surface area contributed by atoms with E-state index in [0.717, 1.165) is 12.8 Å². The lowest BCUT2D eigenvalue weighted by molar-refractivity contribution is -0.140. The molecule has 0 fully saturated rings. The predicted octanol–water partition coefficient (Wildman–Crippen LogP) is 4.75. The quantitative estimate of drug-likeness (QED) is 0.433. The first-order chi connectivity index (χ1) is 10.3. The molecule has 0 saturated heterocycles. The molecule has 0 aliphatic carbocycles. The summed E-state index contributed by atoms with van der Waals surface area (Å²) in [6.45, 7) is 0. The number of rotatable bonds is 6. The maximum absolute atomic E-state index is 10.9. The third-order valence-electron chi connectivity index (χ3n) is 3.29. The van der Waals surface area contributed by atoms with E-state index >= 15 is 0 Å². The van der Waals surface area contributed by atoms with Crippen LogP contribution in [0.2, 0.25) is 0 Å². The molecule has 2 rings (SSSR count). The van der Waals surface area contributed by atoms with E-state index < -0.39 is 0 Å². The number of carbonyl (C=O) groups excluding carboxylic acids is 1. The molecule has 0 aliphatic heterocycles. The second kappa shape index (κ2) is 8.05. The lowest BCUT2D eigenvalue weighted by atomic mass is 10.1. The van der Waals surface area contributed by atoms with E-state index in [9.17, 15) is 4.79 Å². The molecule has 0 aliphatic rings. The molecule has 0 N–H and O–H groups in total. The summed E-state index contributed by atoms with van der Waals surface area (Å²) in [5.41, 5.74) is 1.19. The van der Waals surface area contributed by atoms with E-state index in [-0.39, 0.29) is 5.97 Å². The molecular formula is C19H20O2. The number of benzene rings is 2. The van der Waals surface area contributed by atoms with Crippen LogP contribution in [0.3, 0.4) is 0 Å². The van der Waals surface area contributed by atoms with Gasteiger partial charge in [-0.3, -0.25) is 4.79 Å². The van der Waals surface area contributed by atoms with Crippen molar-refractivity contribution >= 4 is 22.8 Å². The Balaban J connectivity index is 1.84. The highest BCUT2D eigenvalue weighted by molar-refractivity contribution is 5.84. The molecule has 0 unspecified atom stereocenters. The van der Waals surface area contributed by atoms with Crippen molar-refractivity contribution in [2.75, 3.05) is 7.11 Å². The van der Waals surface area contributed by atoms with Crippen molar-refractivity contribution < 1.29 is 9.53 Å². The molecule has 108 valence electrons. The van der Waals surface area contributed by atoms with Crippen LogP contribution in [0.4, 0.5) is 0 Å². The fourth-order valence-electron chi connectivity index (χ4n) is 2.12. The number of hydrogen-bond acceptors (Lipinski definition) is 2. The zero-order valence-electron chi connectivity index (χ0n) is 12.3. The van der Waals surface area contributed by atoms with Gasteiger partial charge in [-0.2, -0.15) is 0 Å².